The Kier molecular flexibility index (Phi) is 5.96. The summed E-state index contributed by atoms with van der Waals surface area (Å²) in [5.74, 6) is 1.38. The lowest BCUT2D eigenvalue weighted by molar-refractivity contribution is 0.403. The van der Waals surface area contributed by atoms with E-state index in [1.165, 1.54) is 11.1 Å². The Morgan fingerprint density at radius 1 is 1.03 bits per heavy atom. The molecule has 156 valence electrons. The maximum Gasteiger partial charge on any atom is 0.258 e. The van der Waals surface area contributed by atoms with Crippen LogP contribution in [0.4, 0.5) is 5.69 Å². The zero-order valence-corrected chi connectivity index (χ0v) is 18.6. The predicted molar refractivity (Wildman–Crippen MR) is 124 cm³/mol. The molecule has 1 saturated heterocycles. The van der Waals surface area contributed by atoms with Gasteiger partial charge in [0, 0.05) is 24.8 Å². The van der Waals surface area contributed by atoms with E-state index in [0.717, 1.165) is 49.4 Å². The van der Waals surface area contributed by atoms with Gasteiger partial charge in [-0.05, 0) is 69.7 Å². The lowest BCUT2D eigenvalue weighted by Crippen LogP contribution is -2.34. The fourth-order valence-corrected chi connectivity index (χ4v) is 4.79. The zero-order chi connectivity index (χ0) is 21.3. The Hall–Kier alpha value is -2.59. The van der Waals surface area contributed by atoms with Gasteiger partial charge in [0.05, 0.1) is 16.4 Å². The van der Waals surface area contributed by atoms with Gasteiger partial charge in [0.15, 0.2) is 0 Å². The standard InChI is InChI=1S/C25H28ClN3O/c1-17-5-4-6-21(13-17)15-20-9-11-28(12-10-20)24-8-7-22(16-23(24)26)29-19(3)27-18(2)14-25(29)30/h4-8,13-14,16,20H,9-12,15H2,1-3H3. The number of nitrogens with zero attached hydrogens (tertiary/aromatic N) is 3. The van der Waals surface area contributed by atoms with Gasteiger partial charge >= 0.3 is 0 Å². The number of rotatable bonds is 4. The van der Waals surface area contributed by atoms with E-state index in [1.807, 2.05) is 32.0 Å². The minimum absolute atomic E-state index is 0.0826. The smallest absolute Gasteiger partial charge is 0.258 e. The van der Waals surface area contributed by atoms with Gasteiger partial charge in [-0.1, -0.05) is 41.4 Å². The topological polar surface area (TPSA) is 38.1 Å². The molecule has 4 rings (SSSR count). The third-order valence-corrected chi connectivity index (χ3v) is 6.27. The maximum absolute atomic E-state index is 12.4. The second-order valence-corrected chi connectivity index (χ2v) is 8.78. The predicted octanol–water partition coefficient (Wildman–Crippen LogP) is 5.27. The normalized spacial score (nSPS) is 14.9. The summed E-state index contributed by atoms with van der Waals surface area (Å²) < 4.78 is 1.61. The summed E-state index contributed by atoms with van der Waals surface area (Å²) in [7, 11) is 0. The molecule has 1 aliphatic heterocycles. The molecule has 1 fully saturated rings. The molecule has 2 aromatic carbocycles. The molecule has 0 unspecified atom stereocenters. The third-order valence-electron chi connectivity index (χ3n) is 5.97. The molecule has 1 aromatic heterocycles. The highest BCUT2D eigenvalue weighted by atomic mass is 35.5. The minimum atomic E-state index is -0.0826. The zero-order valence-electron chi connectivity index (χ0n) is 17.9. The van der Waals surface area contributed by atoms with Crippen molar-refractivity contribution in [2.75, 3.05) is 18.0 Å². The van der Waals surface area contributed by atoms with E-state index in [1.54, 1.807) is 10.6 Å². The highest BCUT2D eigenvalue weighted by Gasteiger charge is 2.21. The van der Waals surface area contributed by atoms with Crippen LogP contribution in [0.5, 0.6) is 0 Å². The van der Waals surface area contributed by atoms with Crippen LogP contribution >= 0.6 is 11.6 Å². The van der Waals surface area contributed by atoms with Crippen molar-refractivity contribution in [3.05, 3.63) is 86.6 Å². The fourth-order valence-electron chi connectivity index (χ4n) is 4.50. The first-order chi connectivity index (χ1) is 14.4. The number of anilines is 1. The average molecular weight is 422 g/mol. The first kappa shape index (κ1) is 20.7. The molecule has 3 aromatic rings. The number of halogens is 1. The second kappa shape index (κ2) is 8.65. The lowest BCUT2D eigenvalue weighted by Gasteiger charge is -2.34. The number of aryl methyl sites for hydroxylation is 3. The SMILES string of the molecule is Cc1cccc(CC2CCN(c3ccc(-n4c(C)nc(C)cc4=O)cc3Cl)CC2)c1. The Balaban J connectivity index is 1.47. The minimum Gasteiger partial charge on any atom is -0.370 e. The highest BCUT2D eigenvalue weighted by molar-refractivity contribution is 6.33. The van der Waals surface area contributed by atoms with Crippen molar-refractivity contribution in [3.8, 4) is 5.69 Å². The van der Waals surface area contributed by atoms with Gasteiger partial charge < -0.3 is 4.90 Å². The summed E-state index contributed by atoms with van der Waals surface area (Å²) in [6, 6.07) is 16.3. The van der Waals surface area contributed by atoms with Gasteiger partial charge in [-0.25, -0.2) is 4.98 Å². The number of benzene rings is 2. The molecule has 0 radical (unpaired) electrons. The van der Waals surface area contributed by atoms with Gasteiger partial charge in [0.2, 0.25) is 0 Å². The molecular formula is C25H28ClN3O. The van der Waals surface area contributed by atoms with Crippen molar-refractivity contribution in [2.45, 2.75) is 40.0 Å². The van der Waals surface area contributed by atoms with Crippen LogP contribution in [0.1, 0.15) is 35.5 Å². The number of hydrogen-bond acceptors (Lipinski definition) is 3. The molecule has 0 N–H and O–H groups in total. The number of aromatic nitrogens is 2. The van der Waals surface area contributed by atoms with Crippen molar-refractivity contribution in [1.29, 1.82) is 0 Å². The summed E-state index contributed by atoms with van der Waals surface area (Å²) in [4.78, 5) is 19.2. The van der Waals surface area contributed by atoms with E-state index < -0.39 is 0 Å². The summed E-state index contributed by atoms with van der Waals surface area (Å²) in [6.45, 7) is 7.83. The van der Waals surface area contributed by atoms with Crippen LogP contribution in [0.2, 0.25) is 5.02 Å². The highest BCUT2D eigenvalue weighted by Crippen LogP contribution is 2.32. The van der Waals surface area contributed by atoms with Crippen LogP contribution in [0.25, 0.3) is 5.69 Å². The Labute approximate surface area is 183 Å². The van der Waals surface area contributed by atoms with Crippen LogP contribution < -0.4 is 10.5 Å². The summed E-state index contributed by atoms with van der Waals surface area (Å²) in [6.07, 6.45) is 3.46. The molecule has 0 bridgehead atoms. The van der Waals surface area contributed by atoms with Crippen molar-refractivity contribution in [1.82, 2.24) is 9.55 Å². The molecule has 4 nitrogen and oxygen atoms in total. The van der Waals surface area contributed by atoms with Crippen molar-refractivity contribution >= 4 is 17.3 Å². The molecule has 30 heavy (non-hydrogen) atoms. The summed E-state index contributed by atoms with van der Waals surface area (Å²) in [5.41, 5.74) is 5.21. The van der Waals surface area contributed by atoms with Crippen molar-refractivity contribution < 1.29 is 0 Å². The van der Waals surface area contributed by atoms with Gasteiger partial charge in [0.1, 0.15) is 5.82 Å². The average Bonchev–Trinajstić information content (AvgIpc) is 2.68. The Bertz CT molecular complexity index is 1110. The van der Waals surface area contributed by atoms with Gasteiger partial charge in [-0.3, -0.25) is 9.36 Å². The Morgan fingerprint density at radius 2 is 1.80 bits per heavy atom. The monoisotopic (exact) mass is 421 g/mol. The molecule has 1 aliphatic rings. The third kappa shape index (κ3) is 4.44. The van der Waals surface area contributed by atoms with E-state index in [0.29, 0.717) is 16.8 Å². The first-order valence-electron chi connectivity index (χ1n) is 10.6. The Morgan fingerprint density at radius 3 is 2.47 bits per heavy atom. The quantitative estimate of drug-likeness (QED) is 0.575. The van der Waals surface area contributed by atoms with E-state index >= 15 is 0 Å². The van der Waals surface area contributed by atoms with Crippen LogP contribution in [-0.2, 0) is 6.42 Å². The summed E-state index contributed by atoms with van der Waals surface area (Å²) in [5, 5.41) is 0.677. The largest absolute Gasteiger partial charge is 0.370 e. The van der Waals surface area contributed by atoms with E-state index in [2.05, 4.69) is 41.1 Å². The number of piperidine rings is 1. The fraction of sp³-hybridized carbons (Fsp3) is 0.360. The van der Waals surface area contributed by atoms with Gasteiger partial charge in [-0.15, -0.1) is 0 Å². The van der Waals surface area contributed by atoms with Gasteiger partial charge in [0.25, 0.3) is 5.56 Å². The van der Waals surface area contributed by atoms with Crippen LogP contribution in [0.3, 0.4) is 0 Å². The maximum atomic E-state index is 12.4. The van der Waals surface area contributed by atoms with E-state index in [9.17, 15) is 4.79 Å². The molecule has 0 atom stereocenters. The molecule has 0 aliphatic carbocycles. The van der Waals surface area contributed by atoms with E-state index in [4.69, 9.17) is 11.6 Å². The second-order valence-electron chi connectivity index (χ2n) is 8.38. The lowest BCUT2D eigenvalue weighted by atomic mass is 9.89. The molecule has 0 spiro atoms. The molecule has 2 heterocycles. The van der Waals surface area contributed by atoms with Gasteiger partial charge in [-0.2, -0.15) is 0 Å². The molecular weight excluding hydrogens is 394 g/mol. The summed E-state index contributed by atoms with van der Waals surface area (Å²) >= 11 is 6.65. The molecule has 0 amide bonds. The van der Waals surface area contributed by atoms with Crippen LogP contribution in [0.15, 0.2) is 53.3 Å². The van der Waals surface area contributed by atoms with Crippen molar-refractivity contribution in [3.63, 3.8) is 0 Å². The number of hydrogen-bond donors (Lipinski definition) is 0. The van der Waals surface area contributed by atoms with Crippen LogP contribution in [-0.4, -0.2) is 22.6 Å². The van der Waals surface area contributed by atoms with E-state index in [-0.39, 0.29) is 5.56 Å². The first-order valence-corrected chi connectivity index (χ1v) is 11.0. The molecule has 5 heteroatoms. The van der Waals surface area contributed by atoms with Crippen LogP contribution in [0, 0.1) is 26.7 Å². The molecule has 0 saturated carbocycles. The van der Waals surface area contributed by atoms with Crippen molar-refractivity contribution in [2.24, 2.45) is 5.92 Å².